The van der Waals surface area contributed by atoms with Crippen LogP contribution < -0.4 is 5.32 Å². The van der Waals surface area contributed by atoms with Crippen molar-refractivity contribution in [2.75, 3.05) is 18.6 Å². The Morgan fingerprint density at radius 1 is 1.33 bits per heavy atom. The molecule has 0 spiro atoms. The number of fused-ring (bicyclic) bond motifs is 1. The van der Waals surface area contributed by atoms with Crippen molar-refractivity contribution in [1.82, 2.24) is 5.32 Å². The molecule has 1 N–H and O–H groups in total. The Kier molecular flexibility index (Phi) is 4.72. The summed E-state index contributed by atoms with van der Waals surface area (Å²) >= 11 is 1.88. The predicted molar refractivity (Wildman–Crippen MR) is 80.4 cm³/mol. The fourth-order valence-corrected chi connectivity index (χ4v) is 2.65. The number of furan rings is 1. The van der Waals surface area contributed by atoms with Gasteiger partial charge in [-0.2, -0.15) is 11.8 Å². The van der Waals surface area contributed by atoms with Gasteiger partial charge < -0.3 is 9.73 Å². The molecule has 2 nitrogen and oxygen atoms in total. The zero-order valence-corrected chi connectivity index (χ0v) is 12.1. The van der Waals surface area contributed by atoms with Gasteiger partial charge in [0, 0.05) is 5.39 Å². The van der Waals surface area contributed by atoms with Gasteiger partial charge in [0.15, 0.2) is 0 Å². The average molecular weight is 263 g/mol. The molecule has 0 fully saturated rings. The molecule has 0 aliphatic heterocycles. The highest BCUT2D eigenvalue weighted by molar-refractivity contribution is 7.98. The zero-order chi connectivity index (χ0) is 13.0. The Morgan fingerprint density at radius 3 is 2.89 bits per heavy atom. The third kappa shape index (κ3) is 3.09. The Balaban J connectivity index is 2.26. The predicted octanol–water partition coefficient (Wildman–Crippen LogP) is 4.14. The first kappa shape index (κ1) is 13.5. The van der Waals surface area contributed by atoms with Gasteiger partial charge >= 0.3 is 0 Å². The van der Waals surface area contributed by atoms with Crippen LogP contribution >= 0.6 is 11.8 Å². The fourth-order valence-electron chi connectivity index (χ4n) is 2.18. The third-order valence-electron chi connectivity index (χ3n) is 3.10. The van der Waals surface area contributed by atoms with E-state index in [0.717, 1.165) is 30.1 Å². The second-order valence-electron chi connectivity index (χ2n) is 4.58. The first-order valence-electron chi connectivity index (χ1n) is 6.47. The van der Waals surface area contributed by atoms with Crippen LogP contribution in [0.5, 0.6) is 0 Å². The van der Waals surface area contributed by atoms with Gasteiger partial charge in [0.2, 0.25) is 0 Å². The Hall–Kier alpha value is -0.930. The molecule has 0 radical (unpaired) electrons. The summed E-state index contributed by atoms with van der Waals surface area (Å²) in [6.45, 7) is 5.22. The minimum atomic E-state index is 0.329. The van der Waals surface area contributed by atoms with Gasteiger partial charge in [0.05, 0.1) is 6.04 Å². The highest BCUT2D eigenvalue weighted by atomic mass is 32.2. The molecule has 18 heavy (non-hydrogen) atoms. The van der Waals surface area contributed by atoms with E-state index in [1.165, 1.54) is 10.9 Å². The van der Waals surface area contributed by atoms with E-state index in [1.54, 1.807) is 0 Å². The fraction of sp³-hybridized carbons (Fsp3) is 0.467. The zero-order valence-electron chi connectivity index (χ0n) is 11.3. The van der Waals surface area contributed by atoms with Gasteiger partial charge in [-0.3, -0.25) is 0 Å². The van der Waals surface area contributed by atoms with Crippen LogP contribution in [0, 0.1) is 6.92 Å². The highest BCUT2D eigenvalue weighted by Crippen LogP contribution is 2.27. The Labute approximate surface area is 113 Å². The number of benzene rings is 1. The van der Waals surface area contributed by atoms with Crippen molar-refractivity contribution >= 4 is 22.7 Å². The van der Waals surface area contributed by atoms with E-state index in [-0.39, 0.29) is 0 Å². The number of hydrogen-bond acceptors (Lipinski definition) is 3. The lowest BCUT2D eigenvalue weighted by atomic mass is 10.1. The molecule has 0 saturated carbocycles. The second-order valence-corrected chi connectivity index (χ2v) is 5.57. The van der Waals surface area contributed by atoms with Gasteiger partial charge in [-0.1, -0.05) is 18.6 Å². The topological polar surface area (TPSA) is 25.2 Å². The van der Waals surface area contributed by atoms with E-state index < -0.39 is 0 Å². The number of nitrogens with one attached hydrogen (secondary N) is 1. The maximum absolute atomic E-state index is 5.96. The van der Waals surface area contributed by atoms with Crippen molar-refractivity contribution in [3.05, 3.63) is 35.6 Å². The summed E-state index contributed by atoms with van der Waals surface area (Å²) in [7, 11) is 0. The lowest BCUT2D eigenvalue weighted by Gasteiger charge is -2.14. The molecular formula is C15H21NOS. The molecule has 1 atom stereocenters. The summed E-state index contributed by atoms with van der Waals surface area (Å²) in [6.07, 6.45) is 3.25. The van der Waals surface area contributed by atoms with Gasteiger partial charge in [0.1, 0.15) is 11.3 Å². The Bertz CT molecular complexity index is 506. The number of hydrogen-bond donors (Lipinski definition) is 1. The number of rotatable bonds is 6. The normalized spacial score (nSPS) is 13.1. The van der Waals surface area contributed by atoms with Crippen molar-refractivity contribution in [1.29, 1.82) is 0 Å². The SMILES string of the molecule is CCNC(CCSC)c1cc2cc(C)ccc2o1. The molecule has 2 aromatic rings. The number of thioether (sulfide) groups is 1. The van der Waals surface area contributed by atoms with E-state index >= 15 is 0 Å². The maximum atomic E-state index is 5.96. The molecule has 0 saturated heterocycles. The molecule has 3 heteroatoms. The van der Waals surface area contributed by atoms with E-state index in [1.807, 2.05) is 11.8 Å². The lowest BCUT2D eigenvalue weighted by Crippen LogP contribution is -2.20. The van der Waals surface area contributed by atoms with Crippen LogP contribution in [0.15, 0.2) is 28.7 Å². The maximum Gasteiger partial charge on any atom is 0.134 e. The van der Waals surface area contributed by atoms with Crippen molar-refractivity contribution in [3.8, 4) is 0 Å². The minimum Gasteiger partial charge on any atom is -0.459 e. The first-order chi connectivity index (χ1) is 8.74. The Morgan fingerprint density at radius 2 is 2.17 bits per heavy atom. The molecule has 0 aliphatic carbocycles. The quantitative estimate of drug-likeness (QED) is 0.847. The summed E-state index contributed by atoms with van der Waals surface area (Å²) in [6, 6.07) is 8.84. The van der Waals surface area contributed by atoms with Crippen LogP contribution in [0.25, 0.3) is 11.0 Å². The van der Waals surface area contributed by atoms with E-state index in [9.17, 15) is 0 Å². The van der Waals surface area contributed by atoms with Crippen LogP contribution in [0.1, 0.15) is 30.7 Å². The van der Waals surface area contributed by atoms with Gasteiger partial charge in [0.25, 0.3) is 0 Å². The van der Waals surface area contributed by atoms with E-state index in [0.29, 0.717) is 6.04 Å². The standard InChI is InChI=1S/C15H21NOS/c1-4-16-13(7-8-18-3)15-10-12-9-11(2)5-6-14(12)17-15/h5-6,9-10,13,16H,4,7-8H2,1-3H3. The van der Waals surface area contributed by atoms with Gasteiger partial charge in [-0.25, -0.2) is 0 Å². The smallest absolute Gasteiger partial charge is 0.134 e. The summed E-state index contributed by atoms with van der Waals surface area (Å²) in [5.74, 6) is 2.21. The van der Waals surface area contributed by atoms with Crippen LogP contribution in [-0.2, 0) is 0 Å². The molecule has 98 valence electrons. The minimum absolute atomic E-state index is 0.329. The van der Waals surface area contributed by atoms with Crippen LogP contribution in [0.4, 0.5) is 0 Å². The van der Waals surface area contributed by atoms with Crippen molar-refractivity contribution in [2.45, 2.75) is 26.3 Å². The van der Waals surface area contributed by atoms with Crippen LogP contribution in [-0.4, -0.2) is 18.6 Å². The van der Waals surface area contributed by atoms with E-state index in [2.05, 4.69) is 49.7 Å². The molecule has 1 unspecified atom stereocenters. The molecule has 0 bridgehead atoms. The van der Waals surface area contributed by atoms with Gasteiger partial charge in [-0.15, -0.1) is 0 Å². The van der Waals surface area contributed by atoms with Crippen molar-refractivity contribution in [2.24, 2.45) is 0 Å². The number of aryl methyl sites for hydroxylation is 1. The van der Waals surface area contributed by atoms with E-state index in [4.69, 9.17) is 4.42 Å². The average Bonchev–Trinajstić information content (AvgIpc) is 2.77. The lowest BCUT2D eigenvalue weighted by molar-refractivity contribution is 0.430. The molecular weight excluding hydrogens is 242 g/mol. The monoisotopic (exact) mass is 263 g/mol. The molecule has 1 heterocycles. The molecule has 0 aliphatic rings. The molecule has 1 aromatic carbocycles. The summed E-state index contributed by atoms with van der Waals surface area (Å²) in [4.78, 5) is 0. The third-order valence-corrected chi connectivity index (χ3v) is 3.74. The highest BCUT2D eigenvalue weighted by Gasteiger charge is 2.14. The van der Waals surface area contributed by atoms with Crippen molar-refractivity contribution in [3.63, 3.8) is 0 Å². The largest absolute Gasteiger partial charge is 0.459 e. The second kappa shape index (κ2) is 6.30. The first-order valence-corrected chi connectivity index (χ1v) is 7.86. The molecule has 1 aromatic heterocycles. The summed E-state index contributed by atoms with van der Waals surface area (Å²) < 4.78 is 5.96. The van der Waals surface area contributed by atoms with Crippen LogP contribution in [0.3, 0.4) is 0 Å². The molecule has 2 rings (SSSR count). The van der Waals surface area contributed by atoms with Crippen LogP contribution in [0.2, 0.25) is 0 Å². The molecule has 0 amide bonds. The summed E-state index contributed by atoms with van der Waals surface area (Å²) in [5, 5.41) is 4.71. The summed E-state index contributed by atoms with van der Waals surface area (Å²) in [5.41, 5.74) is 2.27. The van der Waals surface area contributed by atoms with Gasteiger partial charge in [-0.05, 0) is 50.1 Å². The van der Waals surface area contributed by atoms with Crippen molar-refractivity contribution < 1.29 is 4.42 Å².